The molecule has 5 heteroatoms. The summed E-state index contributed by atoms with van der Waals surface area (Å²) in [5.74, 6) is 0. The Hall–Kier alpha value is -1.26. The molecule has 0 fully saturated rings. The van der Waals surface area contributed by atoms with Crippen molar-refractivity contribution >= 4 is 17.7 Å². The van der Waals surface area contributed by atoms with Crippen molar-refractivity contribution in [1.29, 1.82) is 0 Å². The largest absolute Gasteiger partial charge is 0.444 e. The highest BCUT2D eigenvalue weighted by Crippen LogP contribution is 2.28. The maximum absolute atomic E-state index is 12.2. The molecule has 0 aliphatic carbocycles. The van der Waals surface area contributed by atoms with Gasteiger partial charge in [-0.2, -0.15) is 0 Å². The zero-order chi connectivity index (χ0) is 14.9. The minimum atomic E-state index is -0.497. The van der Waals surface area contributed by atoms with Crippen LogP contribution in [0.25, 0.3) is 0 Å². The zero-order valence-electron chi connectivity index (χ0n) is 12.1. The summed E-state index contributed by atoms with van der Waals surface area (Å²) in [6, 6.07) is 5.58. The van der Waals surface area contributed by atoms with Gasteiger partial charge < -0.3 is 15.4 Å². The Morgan fingerprint density at radius 3 is 2.80 bits per heavy atom. The number of amides is 1. The third kappa shape index (κ3) is 3.64. The minimum absolute atomic E-state index is 0.0743. The van der Waals surface area contributed by atoms with Crippen LogP contribution in [-0.2, 0) is 11.3 Å². The number of halogens is 1. The smallest absolute Gasteiger partial charge is 0.410 e. The first kappa shape index (κ1) is 15.1. The standard InChI is InChI=1S/C15H21ClN2O2/c1-15(2,3)20-14(19)18-7-6-13(17)12-5-4-11(16)8-10(12)9-18/h4-5,8,13H,6-7,9,17H2,1-3H3/t13-/m1/s1. The highest BCUT2D eigenvalue weighted by atomic mass is 35.5. The van der Waals surface area contributed by atoms with E-state index in [9.17, 15) is 4.79 Å². The van der Waals surface area contributed by atoms with Crippen LogP contribution >= 0.6 is 11.6 Å². The second kappa shape index (κ2) is 5.62. The fraction of sp³-hybridized carbons (Fsp3) is 0.533. The van der Waals surface area contributed by atoms with Gasteiger partial charge in [0.2, 0.25) is 0 Å². The molecule has 2 N–H and O–H groups in total. The molecule has 0 spiro atoms. The van der Waals surface area contributed by atoms with Gasteiger partial charge in [0.05, 0.1) is 0 Å². The lowest BCUT2D eigenvalue weighted by molar-refractivity contribution is 0.0235. The molecular weight excluding hydrogens is 276 g/mol. The van der Waals surface area contributed by atoms with Crippen LogP contribution < -0.4 is 5.73 Å². The molecule has 1 aromatic carbocycles. The number of hydrogen-bond acceptors (Lipinski definition) is 3. The van der Waals surface area contributed by atoms with Crippen LogP contribution in [0.4, 0.5) is 4.79 Å². The molecule has 0 aromatic heterocycles. The fourth-order valence-electron chi connectivity index (χ4n) is 2.29. The molecule has 0 bridgehead atoms. The molecule has 2 rings (SSSR count). The summed E-state index contributed by atoms with van der Waals surface area (Å²) in [5, 5.41) is 0.655. The summed E-state index contributed by atoms with van der Waals surface area (Å²) < 4.78 is 5.43. The van der Waals surface area contributed by atoms with Crippen molar-refractivity contribution in [2.45, 2.75) is 45.4 Å². The lowest BCUT2D eigenvalue weighted by Crippen LogP contribution is -2.36. The van der Waals surface area contributed by atoms with E-state index in [0.29, 0.717) is 24.5 Å². The number of ether oxygens (including phenoxy) is 1. The fourth-order valence-corrected chi connectivity index (χ4v) is 2.49. The Bertz CT molecular complexity index is 511. The first-order valence-corrected chi connectivity index (χ1v) is 7.16. The molecule has 1 aliphatic rings. The Labute approximate surface area is 124 Å². The average Bonchev–Trinajstić information content (AvgIpc) is 2.46. The molecule has 1 amide bonds. The van der Waals surface area contributed by atoms with Crippen molar-refractivity contribution in [2.75, 3.05) is 6.54 Å². The van der Waals surface area contributed by atoms with Crippen LogP contribution in [0.1, 0.15) is 44.4 Å². The van der Waals surface area contributed by atoms with E-state index in [4.69, 9.17) is 22.1 Å². The Balaban J connectivity index is 2.22. The van der Waals surface area contributed by atoms with Gasteiger partial charge >= 0.3 is 6.09 Å². The Kier molecular flexibility index (Phi) is 4.25. The SMILES string of the molecule is CC(C)(C)OC(=O)N1CC[C@@H](N)c2ccc(Cl)cc2C1. The van der Waals surface area contributed by atoms with Crippen LogP contribution in [0.2, 0.25) is 5.02 Å². The molecule has 4 nitrogen and oxygen atoms in total. The second-order valence-corrected chi connectivity index (χ2v) is 6.58. The highest BCUT2D eigenvalue weighted by Gasteiger charge is 2.26. The summed E-state index contributed by atoms with van der Waals surface area (Å²) in [4.78, 5) is 13.9. The molecule has 1 atom stereocenters. The molecule has 0 saturated carbocycles. The average molecular weight is 297 g/mol. The molecular formula is C15H21ClN2O2. The summed E-state index contributed by atoms with van der Waals surface area (Å²) in [6.45, 7) is 6.65. The monoisotopic (exact) mass is 296 g/mol. The molecule has 1 aromatic rings. The van der Waals surface area contributed by atoms with Gasteiger partial charge in [0.25, 0.3) is 0 Å². The van der Waals surface area contributed by atoms with Gasteiger partial charge in [-0.15, -0.1) is 0 Å². The van der Waals surface area contributed by atoms with E-state index in [0.717, 1.165) is 11.1 Å². The minimum Gasteiger partial charge on any atom is -0.444 e. The maximum Gasteiger partial charge on any atom is 0.410 e. The van der Waals surface area contributed by atoms with E-state index < -0.39 is 5.60 Å². The topological polar surface area (TPSA) is 55.6 Å². The second-order valence-electron chi connectivity index (χ2n) is 6.14. The number of benzene rings is 1. The predicted octanol–water partition coefficient (Wildman–Crippen LogP) is 3.48. The summed E-state index contributed by atoms with van der Waals surface area (Å²) >= 11 is 6.04. The van der Waals surface area contributed by atoms with E-state index in [1.807, 2.05) is 39.0 Å². The van der Waals surface area contributed by atoms with E-state index in [-0.39, 0.29) is 12.1 Å². The first-order chi connectivity index (χ1) is 9.26. The number of carbonyl (C=O) groups excluding carboxylic acids is 1. The van der Waals surface area contributed by atoms with Gasteiger partial charge in [0.15, 0.2) is 0 Å². The zero-order valence-corrected chi connectivity index (χ0v) is 12.9. The lowest BCUT2D eigenvalue weighted by Gasteiger charge is -2.26. The molecule has 0 saturated heterocycles. The van der Waals surface area contributed by atoms with Gasteiger partial charge in [-0.25, -0.2) is 4.79 Å². The summed E-state index contributed by atoms with van der Waals surface area (Å²) in [7, 11) is 0. The van der Waals surface area contributed by atoms with Crippen LogP contribution in [0, 0.1) is 0 Å². The summed E-state index contributed by atoms with van der Waals surface area (Å²) in [5.41, 5.74) is 7.72. The molecule has 1 aliphatic heterocycles. The Morgan fingerprint density at radius 1 is 1.45 bits per heavy atom. The van der Waals surface area contributed by atoms with Crippen molar-refractivity contribution in [1.82, 2.24) is 4.90 Å². The van der Waals surface area contributed by atoms with Gasteiger partial charge in [-0.05, 0) is 50.5 Å². The highest BCUT2D eigenvalue weighted by molar-refractivity contribution is 6.30. The van der Waals surface area contributed by atoms with Gasteiger partial charge in [0.1, 0.15) is 5.60 Å². The van der Waals surface area contributed by atoms with Crippen molar-refractivity contribution in [2.24, 2.45) is 5.73 Å². The van der Waals surface area contributed by atoms with Gasteiger partial charge in [-0.3, -0.25) is 0 Å². The van der Waals surface area contributed by atoms with Gasteiger partial charge in [0, 0.05) is 24.2 Å². The van der Waals surface area contributed by atoms with Crippen molar-refractivity contribution in [3.63, 3.8) is 0 Å². The molecule has 1 heterocycles. The van der Waals surface area contributed by atoms with Crippen LogP contribution in [0.15, 0.2) is 18.2 Å². The number of fused-ring (bicyclic) bond motifs is 1. The molecule has 0 unspecified atom stereocenters. The van der Waals surface area contributed by atoms with Crippen LogP contribution in [0.3, 0.4) is 0 Å². The number of rotatable bonds is 0. The molecule has 0 radical (unpaired) electrons. The number of hydrogen-bond donors (Lipinski definition) is 1. The van der Waals surface area contributed by atoms with Crippen molar-refractivity contribution < 1.29 is 9.53 Å². The summed E-state index contributed by atoms with van der Waals surface area (Å²) in [6.07, 6.45) is 0.408. The Morgan fingerprint density at radius 2 is 2.15 bits per heavy atom. The van der Waals surface area contributed by atoms with E-state index in [2.05, 4.69) is 0 Å². The van der Waals surface area contributed by atoms with E-state index in [1.165, 1.54) is 0 Å². The van der Waals surface area contributed by atoms with Crippen molar-refractivity contribution in [3.8, 4) is 0 Å². The normalized spacial score (nSPS) is 19.2. The van der Waals surface area contributed by atoms with Crippen molar-refractivity contribution in [3.05, 3.63) is 34.3 Å². The number of nitrogens with two attached hydrogens (primary N) is 1. The molecule has 110 valence electrons. The quantitative estimate of drug-likeness (QED) is 0.797. The van der Waals surface area contributed by atoms with Crippen LogP contribution in [-0.4, -0.2) is 23.1 Å². The lowest BCUT2D eigenvalue weighted by atomic mass is 10.0. The van der Waals surface area contributed by atoms with Gasteiger partial charge in [-0.1, -0.05) is 17.7 Å². The third-order valence-corrected chi connectivity index (χ3v) is 3.46. The number of nitrogens with zero attached hydrogens (tertiary/aromatic N) is 1. The predicted molar refractivity (Wildman–Crippen MR) is 79.6 cm³/mol. The third-order valence-electron chi connectivity index (χ3n) is 3.23. The maximum atomic E-state index is 12.2. The first-order valence-electron chi connectivity index (χ1n) is 6.78. The van der Waals surface area contributed by atoms with E-state index >= 15 is 0 Å². The molecule has 20 heavy (non-hydrogen) atoms. The van der Waals surface area contributed by atoms with Crippen LogP contribution in [0.5, 0.6) is 0 Å². The number of carbonyl (C=O) groups is 1. The van der Waals surface area contributed by atoms with E-state index in [1.54, 1.807) is 4.90 Å².